The molecule has 21 heavy (non-hydrogen) atoms. The lowest BCUT2D eigenvalue weighted by molar-refractivity contribution is 0.330. The van der Waals surface area contributed by atoms with Crippen LogP contribution in [-0.4, -0.2) is 31.5 Å². The van der Waals surface area contributed by atoms with Crippen molar-refractivity contribution in [1.29, 1.82) is 0 Å². The van der Waals surface area contributed by atoms with Crippen LogP contribution in [0.1, 0.15) is 25.7 Å². The molecule has 1 saturated heterocycles. The van der Waals surface area contributed by atoms with Gasteiger partial charge in [-0.15, -0.1) is 0 Å². The van der Waals surface area contributed by atoms with Crippen molar-refractivity contribution in [3.63, 3.8) is 0 Å². The molecule has 0 spiro atoms. The third kappa shape index (κ3) is 3.65. The minimum absolute atomic E-state index is 0.0462. The maximum Gasteiger partial charge on any atom is 0.244 e. The molecule has 1 atom stereocenters. The molecule has 1 aromatic carbocycles. The fraction of sp³-hybridized carbons (Fsp3) is 0.462. The Morgan fingerprint density at radius 1 is 1.19 bits per heavy atom. The van der Waals surface area contributed by atoms with Crippen molar-refractivity contribution >= 4 is 39.3 Å². The van der Waals surface area contributed by atoms with Crippen LogP contribution in [0.25, 0.3) is 0 Å². The van der Waals surface area contributed by atoms with E-state index in [1.165, 1.54) is 28.6 Å². The van der Waals surface area contributed by atoms with Crippen LogP contribution in [0, 0.1) is 0 Å². The number of hydrogen-bond donors (Lipinski definition) is 0. The van der Waals surface area contributed by atoms with E-state index in [-0.39, 0.29) is 14.9 Å². The number of isocyanates is 1. The van der Waals surface area contributed by atoms with E-state index in [0.29, 0.717) is 13.0 Å². The third-order valence-corrected chi connectivity index (χ3v) is 6.00. The summed E-state index contributed by atoms with van der Waals surface area (Å²) in [4.78, 5) is 14.2. The van der Waals surface area contributed by atoms with Gasteiger partial charge in [0.25, 0.3) is 0 Å². The van der Waals surface area contributed by atoms with Crippen molar-refractivity contribution in [3.8, 4) is 0 Å². The lowest BCUT2D eigenvalue weighted by Gasteiger charge is -2.25. The average molecular weight is 349 g/mol. The van der Waals surface area contributed by atoms with E-state index >= 15 is 0 Å². The highest BCUT2D eigenvalue weighted by molar-refractivity contribution is 7.89. The van der Waals surface area contributed by atoms with Gasteiger partial charge in [-0.3, -0.25) is 0 Å². The third-order valence-electron chi connectivity index (χ3n) is 3.37. The van der Waals surface area contributed by atoms with Gasteiger partial charge in [0.2, 0.25) is 16.1 Å². The summed E-state index contributed by atoms with van der Waals surface area (Å²) in [5, 5.41) is 0.456. The lowest BCUT2D eigenvalue weighted by atomic mass is 10.2. The Hall–Kier alpha value is -0.910. The molecule has 2 rings (SSSR count). The summed E-state index contributed by atoms with van der Waals surface area (Å²) in [6.45, 7) is 0.318. The molecular formula is C13H14Cl2N2O3S. The van der Waals surface area contributed by atoms with Crippen LogP contribution < -0.4 is 0 Å². The van der Waals surface area contributed by atoms with Crippen LogP contribution >= 0.6 is 23.2 Å². The van der Waals surface area contributed by atoms with E-state index in [9.17, 15) is 13.2 Å². The predicted octanol–water partition coefficient (Wildman–Crippen LogP) is 3.22. The molecule has 1 fully saturated rings. The predicted molar refractivity (Wildman–Crippen MR) is 80.7 cm³/mol. The fourth-order valence-electron chi connectivity index (χ4n) is 2.31. The Morgan fingerprint density at radius 2 is 1.95 bits per heavy atom. The molecule has 1 aromatic rings. The lowest BCUT2D eigenvalue weighted by Crippen LogP contribution is -2.38. The summed E-state index contributed by atoms with van der Waals surface area (Å²) in [5.74, 6) is 0. The number of nitrogens with zero attached hydrogens (tertiary/aromatic N) is 2. The first-order valence-electron chi connectivity index (χ1n) is 6.50. The van der Waals surface area contributed by atoms with Gasteiger partial charge in [-0.2, -0.15) is 9.30 Å². The number of hydrogen-bond acceptors (Lipinski definition) is 4. The fourth-order valence-corrected chi connectivity index (χ4v) is 4.29. The molecule has 0 radical (unpaired) electrons. The number of aliphatic imine (C=N–C) groups is 1. The Labute approximate surface area is 133 Å². The molecule has 0 aromatic heterocycles. The van der Waals surface area contributed by atoms with Crippen LogP contribution in [-0.2, 0) is 14.8 Å². The monoisotopic (exact) mass is 348 g/mol. The van der Waals surface area contributed by atoms with Gasteiger partial charge in [-0.05, 0) is 37.5 Å². The van der Waals surface area contributed by atoms with E-state index in [2.05, 4.69) is 4.99 Å². The van der Waals surface area contributed by atoms with Crippen molar-refractivity contribution in [2.75, 3.05) is 6.54 Å². The largest absolute Gasteiger partial charge is 0.244 e. The number of halogens is 2. The van der Waals surface area contributed by atoms with Crippen molar-refractivity contribution in [2.45, 2.75) is 36.7 Å². The second-order valence-corrected chi connectivity index (χ2v) is 7.45. The van der Waals surface area contributed by atoms with Crippen LogP contribution in [0.5, 0.6) is 0 Å². The summed E-state index contributed by atoms with van der Waals surface area (Å²) in [6, 6.07) is 4.15. The minimum atomic E-state index is -3.78. The summed E-state index contributed by atoms with van der Waals surface area (Å²) >= 11 is 11.7. The van der Waals surface area contributed by atoms with Crippen LogP contribution in [0.15, 0.2) is 28.1 Å². The van der Waals surface area contributed by atoms with Crippen LogP contribution in [0.3, 0.4) is 0 Å². The first kappa shape index (κ1) is 16.5. The van der Waals surface area contributed by atoms with Crippen LogP contribution in [0.2, 0.25) is 10.0 Å². The molecule has 1 aliphatic heterocycles. The van der Waals surface area contributed by atoms with Gasteiger partial charge >= 0.3 is 0 Å². The van der Waals surface area contributed by atoms with E-state index in [1.807, 2.05) is 0 Å². The highest BCUT2D eigenvalue weighted by Gasteiger charge is 2.32. The molecule has 5 nitrogen and oxygen atoms in total. The molecule has 1 aliphatic rings. The van der Waals surface area contributed by atoms with Gasteiger partial charge in [0.05, 0.1) is 14.9 Å². The molecule has 0 aliphatic carbocycles. The molecule has 0 saturated carbocycles. The second kappa shape index (κ2) is 6.90. The molecule has 8 heteroatoms. The topological polar surface area (TPSA) is 66.8 Å². The molecule has 1 unspecified atom stereocenters. The normalized spacial score (nSPS) is 20.6. The maximum absolute atomic E-state index is 12.7. The van der Waals surface area contributed by atoms with Crippen molar-refractivity contribution < 1.29 is 13.2 Å². The molecule has 0 bridgehead atoms. The van der Waals surface area contributed by atoms with Crippen molar-refractivity contribution in [1.82, 2.24) is 4.31 Å². The van der Waals surface area contributed by atoms with E-state index in [4.69, 9.17) is 23.2 Å². The Bertz CT molecular complexity index is 672. The van der Waals surface area contributed by atoms with E-state index in [1.54, 1.807) is 0 Å². The standard InChI is InChI=1S/C13H14Cl2N2O3S/c14-11-6-5-10(8-12(11)15)21(19,20)17-7-3-1-2-4-13(17)16-9-18/h5-6,8,13H,1-4,7H2. The van der Waals surface area contributed by atoms with Gasteiger partial charge < -0.3 is 0 Å². The van der Waals surface area contributed by atoms with E-state index < -0.39 is 16.2 Å². The van der Waals surface area contributed by atoms with Gasteiger partial charge in [0.15, 0.2) is 0 Å². The smallest absolute Gasteiger partial charge is 0.211 e. The number of benzene rings is 1. The Balaban J connectivity index is 2.43. The van der Waals surface area contributed by atoms with Gasteiger partial charge in [-0.1, -0.05) is 29.6 Å². The summed E-state index contributed by atoms with van der Waals surface area (Å²) in [5.41, 5.74) is 0. The van der Waals surface area contributed by atoms with Crippen molar-refractivity contribution in [3.05, 3.63) is 28.2 Å². The van der Waals surface area contributed by atoms with Gasteiger partial charge in [0, 0.05) is 6.54 Å². The molecule has 114 valence electrons. The van der Waals surface area contributed by atoms with Crippen LogP contribution in [0.4, 0.5) is 0 Å². The summed E-state index contributed by atoms with van der Waals surface area (Å²) in [6.07, 6.45) is 3.72. The average Bonchev–Trinajstić information content (AvgIpc) is 2.68. The van der Waals surface area contributed by atoms with Gasteiger partial charge in [-0.25, -0.2) is 13.2 Å². The Kier molecular flexibility index (Phi) is 5.41. The number of rotatable bonds is 3. The zero-order valence-corrected chi connectivity index (χ0v) is 13.5. The van der Waals surface area contributed by atoms with Gasteiger partial charge in [0.1, 0.15) is 6.17 Å². The first-order valence-corrected chi connectivity index (χ1v) is 8.70. The quantitative estimate of drug-likeness (QED) is 0.622. The first-order chi connectivity index (χ1) is 9.96. The Morgan fingerprint density at radius 3 is 2.62 bits per heavy atom. The molecule has 1 heterocycles. The summed E-state index contributed by atoms with van der Waals surface area (Å²) < 4.78 is 26.7. The minimum Gasteiger partial charge on any atom is -0.211 e. The zero-order valence-electron chi connectivity index (χ0n) is 11.1. The number of sulfonamides is 1. The molecule has 0 amide bonds. The maximum atomic E-state index is 12.7. The second-order valence-electron chi connectivity index (χ2n) is 4.74. The summed E-state index contributed by atoms with van der Waals surface area (Å²) in [7, 11) is -3.78. The number of carbonyl (C=O) groups excluding carboxylic acids is 1. The van der Waals surface area contributed by atoms with Crippen molar-refractivity contribution in [2.24, 2.45) is 4.99 Å². The molecular weight excluding hydrogens is 335 g/mol. The zero-order chi connectivity index (χ0) is 15.5. The highest BCUT2D eigenvalue weighted by atomic mass is 35.5. The molecule has 0 N–H and O–H groups in total. The SMILES string of the molecule is O=C=NC1CCCCCN1S(=O)(=O)c1ccc(Cl)c(Cl)c1. The van der Waals surface area contributed by atoms with E-state index in [0.717, 1.165) is 19.3 Å². The highest BCUT2D eigenvalue weighted by Crippen LogP contribution is 2.29.